The van der Waals surface area contributed by atoms with Crippen molar-refractivity contribution in [1.82, 2.24) is 4.90 Å². The number of rotatable bonds is 5. The average molecular weight is 215 g/mol. The summed E-state index contributed by atoms with van der Waals surface area (Å²) in [5.41, 5.74) is 5.47. The van der Waals surface area contributed by atoms with Crippen LogP contribution in [0.4, 0.5) is 0 Å². The molecular formula is C10H21N3O2. The highest BCUT2D eigenvalue weighted by atomic mass is 16.5. The molecule has 1 aliphatic heterocycles. The molecule has 0 aromatic carbocycles. The van der Waals surface area contributed by atoms with Crippen LogP contribution in [0.15, 0.2) is 5.16 Å². The lowest BCUT2D eigenvalue weighted by molar-refractivity contribution is 0.0353. The van der Waals surface area contributed by atoms with Crippen molar-refractivity contribution in [3.8, 4) is 0 Å². The molecule has 0 aromatic heterocycles. The monoisotopic (exact) mass is 215 g/mol. The van der Waals surface area contributed by atoms with Gasteiger partial charge in [-0.3, -0.25) is 4.90 Å². The highest BCUT2D eigenvalue weighted by Crippen LogP contribution is 2.19. The maximum absolute atomic E-state index is 8.49. The molecule has 0 aliphatic carbocycles. The lowest BCUT2D eigenvalue weighted by atomic mass is 10.2. The van der Waals surface area contributed by atoms with Crippen molar-refractivity contribution in [2.75, 3.05) is 19.6 Å². The van der Waals surface area contributed by atoms with Gasteiger partial charge >= 0.3 is 0 Å². The highest BCUT2D eigenvalue weighted by molar-refractivity contribution is 5.81. The van der Waals surface area contributed by atoms with Crippen LogP contribution in [0.3, 0.4) is 0 Å². The molecule has 1 heterocycles. The summed E-state index contributed by atoms with van der Waals surface area (Å²) in [6, 6.07) is 0. The second kappa shape index (κ2) is 5.92. The van der Waals surface area contributed by atoms with Gasteiger partial charge in [-0.2, -0.15) is 0 Å². The molecule has 0 aromatic rings. The zero-order chi connectivity index (χ0) is 11.3. The lowest BCUT2D eigenvalue weighted by Crippen LogP contribution is -2.38. The van der Waals surface area contributed by atoms with Gasteiger partial charge in [-0.05, 0) is 26.3 Å². The molecule has 1 aliphatic rings. The Kier molecular flexibility index (Phi) is 4.84. The minimum atomic E-state index is 0.253. The summed E-state index contributed by atoms with van der Waals surface area (Å²) in [6.45, 7) is 6.39. The predicted molar refractivity (Wildman–Crippen MR) is 59.1 cm³/mol. The van der Waals surface area contributed by atoms with E-state index in [1.807, 2.05) is 0 Å². The van der Waals surface area contributed by atoms with E-state index in [-0.39, 0.29) is 5.84 Å². The number of nitrogens with zero attached hydrogens (tertiary/aromatic N) is 2. The van der Waals surface area contributed by atoms with E-state index in [9.17, 15) is 0 Å². The zero-order valence-corrected chi connectivity index (χ0v) is 9.52. The fraction of sp³-hybridized carbons (Fsp3) is 0.900. The van der Waals surface area contributed by atoms with E-state index in [1.165, 1.54) is 0 Å². The van der Waals surface area contributed by atoms with Crippen LogP contribution in [-0.2, 0) is 4.74 Å². The van der Waals surface area contributed by atoms with Gasteiger partial charge in [0.1, 0.15) is 0 Å². The van der Waals surface area contributed by atoms with Crippen molar-refractivity contribution in [2.45, 2.75) is 38.9 Å². The van der Waals surface area contributed by atoms with E-state index in [0.717, 1.165) is 25.9 Å². The van der Waals surface area contributed by atoms with Gasteiger partial charge in [0, 0.05) is 6.54 Å². The molecule has 5 heteroatoms. The number of hydrogen-bond acceptors (Lipinski definition) is 4. The molecule has 5 nitrogen and oxygen atoms in total. The van der Waals surface area contributed by atoms with Crippen LogP contribution in [0.2, 0.25) is 0 Å². The lowest BCUT2D eigenvalue weighted by Gasteiger charge is -2.23. The maximum atomic E-state index is 8.49. The van der Waals surface area contributed by atoms with Crippen molar-refractivity contribution in [3.05, 3.63) is 0 Å². The van der Waals surface area contributed by atoms with Gasteiger partial charge in [0.2, 0.25) is 0 Å². The van der Waals surface area contributed by atoms with E-state index >= 15 is 0 Å². The molecule has 0 amide bonds. The van der Waals surface area contributed by atoms with E-state index < -0.39 is 0 Å². The van der Waals surface area contributed by atoms with Gasteiger partial charge in [-0.25, -0.2) is 0 Å². The molecule has 88 valence electrons. The number of oxime groups is 1. The van der Waals surface area contributed by atoms with E-state index in [1.54, 1.807) is 0 Å². The summed E-state index contributed by atoms with van der Waals surface area (Å²) >= 11 is 0. The van der Waals surface area contributed by atoms with Crippen LogP contribution in [0, 0.1) is 0 Å². The summed E-state index contributed by atoms with van der Waals surface area (Å²) in [4.78, 5) is 2.12. The molecule has 1 rings (SSSR count). The van der Waals surface area contributed by atoms with Crippen molar-refractivity contribution in [2.24, 2.45) is 10.9 Å². The van der Waals surface area contributed by atoms with E-state index in [2.05, 4.69) is 23.9 Å². The van der Waals surface area contributed by atoms with Gasteiger partial charge in [0.25, 0.3) is 0 Å². The van der Waals surface area contributed by atoms with Gasteiger partial charge in [0.05, 0.1) is 18.8 Å². The Labute approximate surface area is 90.9 Å². The summed E-state index contributed by atoms with van der Waals surface area (Å²) in [6.07, 6.45) is 2.91. The fourth-order valence-electron chi connectivity index (χ4n) is 1.87. The molecule has 0 saturated carbocycles. The first-order chi connectivity index (χ1) is 7.15. The molecule has 3 N–H and O–H groups in total. The smallest absolute Gasteiger partial charge is 0.153 e. The molecule has 0 radical (unpaired) electrons. The molecular weight excluding hydrogens is 194 g/mol. The van der Waals surface area contributed by atoms with Crippen molar-refractivity contribution >= 4 is 5.84 Å². The standard InChI is InChI=1S/C10H21N3O2/c1-3-13(7-10(11)12-14)6-9-5-4-8(2)15-9/h8-9,14H,3-7H2,1-2H3,(H2,11,12). The number of amidine groups is 1. The quantitative estimate of drug-likeness (QED) is 0.305. The van der Waals surface area contributed by atoms with Crippen LogP contribution < -0.4 is 5.73 Å². The Hall–Kier alpha value is -0.810. The summed E-state index contributed by atoms with van der Waals surface area (Å²) < 4.78 is 5.72. The van der Waals surface area contributed by atoms with Gasteiger partial charge in [-0.15, -0.1) is 0 Å². The summed E-state index contributed by atoms with van der Waals surface area (Å²) in [5.74, 6) is 0.253. The average Bonchev–Trinajstić information content (AvgIpc) is 2.62. The normalized spacial score (nSPS) is 27.5. The van der Waals surface area contributed by atoms with Crippen LogP contribution >= 0.6 is 0 Å². The predicted octanol–water partition coefficient (Wildman–Crippen LogP) is 0.622. The Balaban J connectivity index is 2.33. The van der Waals surface area contributed by atoms with Gasteiger partial charge < -0.3 is 15.7 Å². The van der Waals surface area contributed by atoms with Crippen LogP contribution in [0.5, 0.6) is 0 Å². The largest absolute Gasteiger partial charge is 0.409 e. The molecule has 0 bridgehead atoms. The van der Waals surface area contributed by atoms with Crippen molar-refractivity contribution in [3.63, 3.8) is 0 Å². The number of ether oxygens (including phenoxy) is 1. The molecule has 0 spiro atoms. The minimum absolute atomic E-state index is 0.253. The minimum Gasteiger partial charge on any atom is -0.409 e. The van der Waals surface area contributed by atoms with Crippen molar-refractivity contribution < 1.29 is 9.94 Å². The third kappa shape index (κ3) is 4.05. The topological polar surface area (TPSA) is 71.1 Å². The molecule has 1 fully saturated rings. The van der Waals surface area contributed by atoms with Crippen LogP contribution in [0.25, 0.3) is 0 Å². The maximum Gasteiger partial charge on any atom is 0.153 e. The summed E-state index contributed by atoms with van der Waals surface area (Å²) in [7, 11) is 0. The molecule has 2 unspecified atom stereocenters. The first-order valence-electron chi connectivity index (χ1n) is 5.50. The Bertz CT molecular complexity index is 221. The van der Waals surface area contributed by atoms with E-state index in [0.29, 0.717) is 18.8 Å². The third-order valence-electron chi connectivity index (χ3n) is 2.74. The highest BCUT2D eigenvalue weighted by Gasteiger charge is 2.23. The number of likely N-dealkylation sites (N-methyl/N-ethyl adjacent to an activating group) is 1. The van der Waals surface area contributed by atoms with Gasteiger partial charge in [0.15, 0.2) is 5.84 Å². The molecule has 1 saturated heterocycles. The van der Waals surface area contributed by atoms with Crippen LogP contribution in [0.1, 0.15) is 26.7 Å². The van der Waals surface area contributed by atoms with E-state index in [4.69, 9.17) is 15.7 Å². The molecule has 15 heavy (non-hydrogen) atoms. The second-order valence-electron chi connectivity index (χ2n) is 4.07. The first kappa shape index (κ1) is 12.3. The fourth-order valence-corrected chi connectivity index (χ4v) is 1.87. The molecule has 2 atom stereocenters. The Morgan fingerprint density at radius 1 is 1.60 bits per heavy atom. The number of hydrogen-bond donors (Lipinski definition) is 2. The Morgan fingerprint density at radius 3 is 2.80 bits per heavy atom. The second-order valence-corrected chi connectivity index (χ2v) is 4.07. The SMILES string of the molecule is CCN(CC(N)=NO)CC1CCC(C)O1. The van der Waals surface area contributed by atoms with Crippen LogP contribution in [-0.4, -0.2) is 47.8 Å². The zero-order valence-electron chi connectivity index (χ0n) is 9.52. The Morgan fingerprint density at radius 2 is 2.33 bits per heavy atom. The van der Waals surface area contributed by atoms with Gasteiger partial charge in [-0.1, -0.05) is 12.1 Å². The van der Waals surface area contributed by atoms with Crippen molar-refractivity contribution in [1.29, 1.82) is 0 Å². The summed E-state index contributed by atoms with van der Waals surface area (Å²) in [5, 5.41) is 11.5. The number of nitrogens with two attached hydrogens (primary N) is 1. The first-order valence-corrected chi connectivity index (χ1v) is 5.50. The third-order valence-corrected chi connectivity index (χ3v) is 2.74.